The third-order valence-electron chi connectivity index (χ3n) is 5.35. The van der Waals surface area contributed by atoms with Crippen LogP contribution in [0.3, 0.4) is 0 Å². The van der Waals surface area contributed by atoms with E-state index in [1.165, 1.54) is 29.8 Å². The SMILES string of the molecule is c1cc(C2CCCN3CCSN=C23)ccc1Oc1ccc2c(c1)OCC2. The van der Waals surface area contributed by atoms with Gasteiger partial charge in [-0.1, -0.05) is 18.2 Å². The van der Waals surface area contributed by atoms with Gasteiger partial charge in [0, 0.05) is 37.2 Å². The lowest BCUT2D eigenvalue weighted by Crippen LogP contribution is -2.42. The van der Waals surface area contributed by atoms with Gasteiger partial charge >= 0.3 is 0 Å². The maximum atomic E-state index is 6.03. The highest BCUT2D eigenvalue weighted by Crippen LogP contribution is 2.35. The Kier molecular flexibility index (Phi) is 4.25. The maximum Gasteiger partial charge on any atom is 0.131 e. The smallest absolute Gasteiger partial charge is 0.131 e. The van der Waals surface area contributed by atoms with E-state index in [1.807, 2.05) is 12.1 Å². The minimum absolute atomic E-state index is 0.416. The zero-order valence-corrected chi connectivity index (χ0v) is 15.5. The van der Waals surface area contributed by atoms with Gasteiger partial charge in [-0.25, -0.2) is 4.40 Å². The predicted molar refractivity (Wildman–Crippen MR) is 106 cm³/mol. The highest BCUT2D eigenvalue weighted by atomic mass is 32.2. The normalized spacial score (nSPS) is 21.5. The van der Waals surface area contributed by atoms with Crippen molar-refractivity contribution in [1.82, 2.24) is 4.90 Å². The molecule has 0 aromatic heterocycles. The summed E-state index contributed by atoms with van der Waals surface area (Å²) >= 11 is 1.70. The number of hydrogen-bond donors (Lipinski definition) is 0. The summed E-state index contributed by atoms with van der Waals surface area (Å²) < 4.78 is 16.4. The third-order valence-corrected chi connectivity index (χ3v) is 6.03. The lowest BCUT2D eigenvalue weighted by atomic mass is 9.89. The molecule has 0 aliphatic carbocycles. The number of benzene rings is 2. The summed E-state index contributed by atoms with van der Waals surface area (Å²) in [7, 11) is 0. The van der Waals surface area contributed by atoms with Gasteiger partial charge in [0.15, 0.2) is 0 Å². The van der Waals surface area contributed by atoms with E-state index in [2.05, 4.69) is 35.2 Å². The van der Waals surface area contributed by atoms with Crippen molar-refractivity contribution < 1.29 is 9.47 Å². The van der Waals surface area contributed by atoms with Crippen molar-refractivity contribution in [2.45, 2.75) is 25.2 Å². The monoisotopic (exact) mass is 366 g/mol. The van der Waals surface area contributed by atoms with Gasteiger partial charge in [-0.2, -0.15) is 0 Å². The van der Waals surface area contributed by atoms with Crippen LogP contribution in [0.1, 0.15) is 29.9 Å². The van der Waals surface area contributed by atoms with Crippen molar-refractivity contribution in [3.8, 4) is 17.2 Å². The molecule has 2 aromatic carbocycles. The first-order valence-corrected chi connectivity index (χ1v) is 10.3. The molecule has 134 valence electrons. The molecule has 5 heteroatoms. The highest BCUT2D eigenvalue weighted by molar-refractivity contribution is 7.98. The van der Waals surface area contributed by atoms with Crippen LogP contribution in [-0.2, 0) is 6.42 Å². The van der Waals surface area contributed by atoms with Gasteiger partial charge in [-0.3, -0.25) is 0 Å². The Hall–Kier alpha value is -2.14. The number of amidine groups is 1. The van der Waals surface area contributed by atoms with Crippen molar-refractivity contribution >= 4 is 17.8 Å². The molecule has 0 bridgehead atoms. The zero-order chi connectivity index (χ0) is 17.3. The van der Waals surface area contributed by atoms with Crippen LogP contribution in [0.5, 0.6) is 17.2 Å². The maximum absolute atomic E-state index is 6.03. The molecule has 0 saturated carbocycles. The Morgan fingerprint density at radius 1 is 1.08 bits per heavy atom. The first-order chi connectivity index (χ1) is 12.9. The molecule has 5 rings (SSSR count). The molecule has 1 unspecified atom stereocenters. The molecule has 3 aliphatic heterocycles. The Morgan fingerprint density at radius 3 is 2.88 bits per heavy atom. The number of fused-ring (bicyclic) bond motifs is 2. The number of rotatable bonds is 3. The van der Waals surface area contributed by atoms with Crippen LogP contribution >= 0.6 is 11.9 Å². The summed E-state index contributed by atoms with van der Waals surface area (Å²) in [5.41, 5.74) is 2.60. The van der Waals surface area contributed by atoms with Gasteiger partial charge in [0.25, 0.3) is 0 Å². The van der Waals surface area contributed by atoms with Crippen LogP contribution in [-0.4, -0.2) is 36.2 Å². The molecule has 3 heterocycles. The molecule has 0 amide bonds. The van der Waals surface area contributed by atoms with Crippen molar-refractivity contribution in [3.05, 3.63) is 53.6 Å². The minimum Gasteiger partial charge on any atom is -0.493 e. The molecular formula is C21H22N2O2S. The fourth-order valence-corrected chi connectivity index (χ4v) is 4.76. The Balaban J connectivity index is 1.33. The molecule has 26 heavy (non-hydrogen) atoms. The Bertz CT molecular complexity index is 834. The number of nitrogens with zero attached hydrogens (tertiary/aromatic N) is 2. The molecule has 1 atom stereocenters. The molecule has 1 saturated heterocycles. The first-order valence-electron chi connectivity index (χ1n) is 9.35. The molecule has 0 N–H and O–H groups in total. The standard InChI is InChI=1S/C21H22N2O2S/c1-2-19(21-22-26-13-11-23(21)10-1)15-3-6-17(7-4-15)25-18-8-5-16-9-12-24-20(16)14-18/h3-8,14,19H,1-2,9-13H2. The topological polar surface area (TPSA) is 34.1 Å². The molecule has 0 radical (unpaired) electrons. The number of ether oxygens (including phenoxy) is 2. The zero-order valence-electron chi connectivity index (χ0n) is 14.7. The molecule has 2 aromatic rings. The molecule has 3 aliphatic rings. The third kappa shape index (κ3) is 3.05. The van der Waals surface area contributed by atoms with E-state index in [-0.39, 0.29) is 0 Å². The summed E-state index contributed by atoms with van der Waals surface area (Å²) in [6.07, 6.45) is 3.41. The van der Waals surface area contributed by atoms with E-state index >= 15 is 0 Å². The number of hydrogen-bond acceptors (Lipinski definition) is 5. The first kappa shape index (κ1) is 16.1. The summed E-state index contributed by atoms with van der Waals surface area (Å²) in [6, 6.07) is 14.6. The van der Waals surface area contributed by atoms with E-state index < -0.39 is 0 Å². The predicted octanol–water partition coefficient (Wildman–Crippen LogP) is 4.65. The van der Waals surface area contributed by atoms with Crippen molar-refractivity contribution in [3.63, 3.8) is 0 Å². The number of piperidine rings is 1. The van der Waals surface area contributed by atoms with E-state index in [1.54, 1.807) is 11.9 Å². The van der Waals surface area contributed by atoms with Crippen molar-refractivity contribution in [2.75, 3.05) is 25.4 Å². The van der Waals surface area contributed by atoms with Gasteiger partial charge in [-0.05, 0) is 54.1 Å². The fourth-order valence-electron chi connectivity index (χ4n) is 3.99. The van der Waals surface area contributed by atoms with Gasteiger partial charge in [0.1, 0.15) is 23.1 Å². The molecular weight excluding hydrogens is 344 g/mol. The highest BCUT2D eigenvalue weighted by Gasteiger charge is 2.29. The van der Waals surface area contributed by atoms with E-state index in [4.69, 9.17) is 13.9 Å². The summed E-state index contributed by atoms with van der Waals surface area (Å²) in [5.74, 6) is 5.42. The average Bonchev–Trinajstić information content (AvgIpc) is 3.16. The lowest BCUT2D eigenvalue weighted by Gasteiger charge is -2.37. The van der Waals surface area contributed by atoms with Gasteiger partial charge in [-0.15, -0.1) is 0 Å². The van der Waals surface area contributed by atoms with Crippen LogP contribution in [0.15, 0.2) is 46.9 Å². The molecule has 1 fully saturated rings. The molecule has 0 spiro atoms. The average molecular weight is 366 g/mol. The summed E-state index contributed by atoms with van der Waals surface area (Å²) in [4.78, 5) is 2.46. The summed E-state index contributed by atoms with van der Waals surface area (Å²) in [6.45, 7) is 3.05. The minimum atomic E-state index is 0.416. The van der Waals surface area contributed by atoms with Crippen molar-refractivity contribution in [1.29, 1.82) is 0 Å². The van der Waals surface area contributed by atoms with Gasteiger partial charge in [0.05, 0.1) is 6.61 Å². The Morgan fingerprint density at radius 2 is 1.96 bits per heavy atom. The lowest BCUT2D eigenvalue weighted by molar-refractivity contribution is 0.355. The van der Waals surface area contributed by atoms with E-state index in [0.29, 0.717) is 5.92 Å². The van der Waals surface area contributed by atoms with Crippen LogP contribution in [0.4, 0.5) is 0 Å². The quantitative estimate of drug-likeness (QED) is 0.740. The largest absolute Gasteiger partial charge is 0.493 e. The van der Waals surface area contributed by atoms with Gasteiger partial charge < -0.3 is 14.4 Å². The molecule has 4 nitrogen and oxygen atoms in total. The second-order valence-electron chi connectivity index (χ2n) is 7.00. The Labute approximate surface area is 158 Å². The van der Waals surface area contributed by atoms with Crippen molar-refractivity contribution in [2.24, 2.45) is 4.40 Å². The van der Waals surface area contributed by atoms with Gasteiger partial charge in [0.2, 0.25) is 0 Å². The fraction of sp³-hybridized carbons (Fsp3) is 0.381. The second-order valence-corrected chi connectivity index (χ2v) is 7.85. The second kappa shape index (κ2) is 6.88. The van der Waals surface area contributed by atoms with Crippen LogP contribution in [0, 0.1) is 0 Å². The van der Waals surface area contributed by atoms with E-state index in [9.17, 15) is 0 Å². The summed E-state index contributed by atoms with van der Waals surface area (Å²) in [5, 5.41) is 0. The van der Waals surface area contributed by atoms with Crippen LogP contribution in [0.2, 0.25) is 0 Å². The van der Waals surface area contributed by atoms with Crippen LogP contribution in [0.25, 0.3) is 0 Å². The van der Waals surface area contributed by atoms with Crippen LogP contribution < -0.4 is 9.47 Å². The van der Waals surface area contributed by atoms with E-state index in [0.717, 1.165) is 49.1 Å².